The van der Waals surface area contributed by atoms with Crippen molar-refractivity contribution in [1.29, 1.82) is 0 Å². The monoisotopic (exact) mass is 399 g/mol. The molecule has 0 fully saturated rings. The lowest BCUT2D eigenvalue weighted by atomic mass is 10.00. The SMILES string of the molecule is CO[C@@H](CC/C=C/C(=O)O)[C@@H](OC(=O)Nc1ccc(C)cc1)c1ccc(O)cc1. The van der Waals surface area contributed by atoms with Crippen LogP contribution >= 0.6 is 0 Å². The number of carbonyl (C=O) groups excluding carboxylic acids is 1. The molecule has 0 spiro atoms. The fourth-order valence-electron chi connectivity index (χ4n) is 2.76. The number of ether oxygens (including phenoxy) is 2. The Hall–Kier alpha value is -3.32. The number of hydrogen-bond acceptors (Lipinski definition) is 5. The molecule has 0 saturated heterocycles. The summed E-state index contributed by atoms with van der Waals surface area (Å²) < 4.78 is 11.2. The molecule has 29 heavy (non-hydrogen) atoms. The first-order chi connectivity index (χ1) is 13.9. The fourth-order valence-corrected chi connectivity index (χ4v) is 2.76. The molecule has 7 nitrogen and oxygen atoms in total. The van der Waals surface area contributed by atoms with Crippen molar-refractivity contribution in [3.63, 3.8) is 0 Å². The molecule has 0 saturated carbocycles. The molecule has 2 atom stereocenters. The maximum absolute atomic E-state index is 12.5. The van der Waals surface area contributed by atoms with E-state index < -0.39 is 24.3 Å². The van der Waals surface area contributed by atoms with Gasteiger partial charge in [0.2, 0.25) is 0 Å². The van der Waals surface area contributed by atoms with Gasteiger partial charge in [-0.3, -0.25) is 5.32 Å². The Balaban J connectivity index is 2.14. The number of phenols is 1. The van der Waals surface area contributed by atoms with Crippen molar-refractivity contribution in [3.8, 4) is 5.75 Å². The summed E-state index contributed by atoms with van der Waals surface area (Å²) >= 11 is 0. The number of phenolic OH excluding ortho intramolecular Hbond substituents is 1. The molecule has 0 aromatic heterocycles. The number of allylic oxidation sites excluding steroid dienone is 1. The molecular formula is C22H25NO6. The van der Waals surface area contributed by atoms with E-state index in [1.165, 1.54) is 25.3 Å². The number of carboxylic acids is 1. The standard InChI is InChI=1S/C22H25NO6/c1-15-7-11-17(12-8-15)23-22(27)29-21(16-9-13-18(24)14-10-16)19(28-2)5-3-4-6-20(25)26/h4,6-14,19,21,24H,3,5H2,1-2H3,(H,23,27)(H,25,26)/b6-4+/t19-,21-/m0/s1. The highest BCUT2D eigenvalue weighted by Gasteiger charge is 2.27. The zero-order valence-electron chi connectivity index (χ0n) is 16.4. The highest BCUT2D eigenvalue weighted by atomic mass is 16.6. The third kappa shape index (κ3) is 7.31. The van der Waals surface area contributed by atoms with Gasteiger partial charge in [0.15, 0.2) is 6.10 Å². The van der Waals surface area contributed by atoms with Gasteiger partial charge in [0.25, 0.3) is 0 Å². The number of nitrogens with one attached hydrogen (secondary N) is 1. The maximum atomic E-state index is 12.5. The van der Waals surface area contributed by atoms with Crippen molar-refractivity contribution in [2.45, 2.75) is 32.0 Å². The number of amides is 1. The van der Waals surface area contributed by atoms with Crippen molar-refractivity contribution < 1.29 is 29.3 Å². The molecule has 2 aromatic carbocycles. The number of aromatic hydroxyl groups is 1. The molecule has 2 aromatic rings. The zero-order valence-corrected chi connectivity index (χ0v) is 16.4. The number of rotatable bonds is 9. The summed E-state index contributed by atoms with van der Waals surface area (Å²) in [5, 5.41) is 20.9. The molecule has 0 heterocycles. The molecule has 7 heteroatoms. The second-order valence-electron chi connectivity index (χ2n) is 6.50. The van der Waals surface area contributed by atoms with Crippen molar-refractivity contribution in [3.05, 3.63) is 71.8 Å². The van der Waals surface area contributed by atoms with Gasteiger partial charge >= 0.3 is 12.1 Å². The molecule has 154 valence electrons. The zero-order chi connectivity index (χ0) is 21.2. The third-order valence-corrected chi connectivity index (χ3v) is 4.27. The molecule has 1 amide bonds. The van der Waals surface area contributed by atoms with E-state index in [1.807, 2.05) is 19.1 Å². The van der Waals surface area contributed by atoms with Gasteiger partial charge in [0.1, 0.15) is 5.75 Å². The second kappa shape index (κ2) is 10.9. The minimum atomic E-state index is -1.03. The molecule has 0 aliphatic rings. The van der Waals surface area contributed by atoms with E-state index in [9.17, 15) is 14.7 Å². The average molecular weight is 399 g/mol. The highest BCUT2D eigenvalue weighted by Crippen LogP contribution is 2.28. The van der Waals surface area contributed by atoms with Crippen LogP contribution in [0.15, 0.2) is 60.7 Å². The van der Waals surface area contributed by atoms with Crippen LogP contribution in [0.3, 0.4) is 0 Å². The number of hydrogen-bond donors (Lipinski definition) is 3. The van der Waals surface area contributed by atoms with Crippen LogP contribution in [-0.4, -0.2) is 35.5 Å². The first-order valence-corrected chi connectivity index (χ1v) is 9.14. The van der Waals surface area contributed by atoms with Crippen LogP contribution in [0.5, 0.6) is 5.75 Å². The lowest BCUT2D eigenvalue weighted by Crippen LogP contribution is -2.28. The van der Waals surface area contributed by atoms with Gasteiger partial charge in [-0.15, -0.1) is 0 Å². The normalized spacial score (nSPS) is 13.0. The van der Waals surface area contributed by atoms with E-state index in [4.69, 9.17) is 14.6 Å². The Kier molecular flexibility index (Phi) is 8.24. The lowest BCUT2D eigenvalue weighted by molar-refractivity contribution is -0.131. The van der Waals surface area contributed by atoms with Gasteiger partial charge < -0.3 is 19.7 Å². The number of aryl methyl sites for hydroxylation is 1. The summed E-state index contributed by atoms with van der Waals surface area (Å²) in [5.74, 6) is -0.933. The van der Waals surface area contributed by atoms with Gasteiger partial charge in [-0.2, -0.15) is 0 Å². The molecule has 2 rings (SSSR count). The number of benzene rings is 2. The molecule has 0 aliphatic heterocycles. The van der Waals surface area contributed by atoms with Crippen LogP contribution in [0.1, 0.15) is 30.1 Å². The number of carbonyl (C=O) groups is 2. The van der Waals surface area contributed by atoms with Gasteiger partial charge in [0, 0.05) is 18.9 Å². The topological polar surface area (TPSA) is 105 Å². The smallest absolute Gasteiger partial charge is 0.412 e. The van der Waals surface area contributed by atoms with E-state index in [1.54, 1.807) is 24.3 Å². The van der Waals surface area contributed by atoms with Crippen LogP contribution in [0.4, 0.5) is 10.5 Å². The molecule has 3 N–H and O–H groups in total. The Morgan fingerprint density at radius 3 is 2.34 bits per heavy atom. The summed E-state index contributed by atoms with van der Waals surface area (Å²) in [5.41, 5.74) is 2.32. The Labute approximate surface area is 169 Å². The minimum absolute atomic E-state index is 0.0926. The van der Waals surface area contributed by atoms with E-state index in [2.05, 4.69) is 5.32 Å². The van der Waals surface area contributed by atoms with Gasteiger partial charge in [-0.05, 0) is 49.6 Å². The van der Waals surface area contributed by atoms with E-state index in [-0.39, 0.29) is 5.75 Å². The summed E-state index contributed by atoms with van der Waals surface area (Å²) in [4.78, 5) is 23.1. The van der Waals surface area contributed by atoms with Crippen molar-refractivity contribution in [2.75, 3.05) is 12.4 Å². The predicted molar refractivity (Wildman–Crippen MR) is 109 cm³/mol. The van der Waals surface area contributed by atoms with Gasteiger partial charge in [0.05, 0.1) is 6.10 Å². The summed E-state index contributed by atoms with van der Waals surface area (Å²) in [6.07, 6.45) is 1.55. The largest absolute Gasteiger partial charge is 0.508 e. The number of anilines is 1. The number of aliphatic carboxylic acids is 1. The van der Waals surface area contributed by atoms with Gasteiger partial charge in [-0.1, -0.05) is 35.9 Å². The molecule has 0 unspecified atom stereocenters. The Morgan fingerprint density at radius 1 is 1.10 bits per heavy atom. The maximum Gasteiger partial charge on any atom is 0.412 e. The first kappa shape index (κ1) is 22.0. The fraction of sp³-hybridized carbons (Fsp3) is 0.273. The molecule has 0 aliphatic carbocycles. The summed E-state index contributed by atoms with van der Waals surface area (Å²) in [7, 11) is 1.50. The average Bonchev–Trinajstić information content (AvgIpc) is 2.69. The van der Waals surface area contributed by atoms with Crippen LogP contribution in [0.2, 0.25) is 0 Å². The second-order valence-corrected chi connectivity index (χ2v) is 6.50. The summed E-state index contributed by atoms with van der Waals surface area (Å²) in [6, 6.07) is 13.6. The Morgan fingerprint density at radius 2 is 1.76 bits per heavy atom. The number of methoxy groups -OCH3 is 1. The predicted octanol–water partition coefficient (Wildman–Crippen LogP) is 4.43. The van der Waals surface area contributed by atoms with Crippen molar-refractivity contribution in [1.82, 2.24) is 0 Å². The van der Waals surface area contributed by atoms with Crippen LogP contribution in [-0.2, 0) is 14.3 Å². The number of carboxylic acid groups (broad SMARTS) is 1. The molecule has 0 radical (unpaired) electrons. The van der Waals surface area contributed by atoms with Crippen LogP contribution in [0.25, 0.3) is 0 Å². The van der Waals surface area contributed by atoms with E-state index >= 15 is 0 Å². The van der Waals surface area contributed by atoms with E-state index in [0.717, 1.165) is 11.6 Å². The van der Waals surface area contributed by atoms with Gasteiger partial charge in [-0.25, -0.2) is 9.59 Å². The molecule has 0 bridgehead atoms. The third-order valence-electron chi connectivity index (χ3n) is 4.27. The Bertz CT molecular complexity index is 829. The van der Waals surface area contributed by atoms with Crippen molar-refractivity contribution >= 4 is 17.7 Å². The quantitative estimate of drug-likeness (QED) is 0.539. The van der Waals surface area contributed by atoms with E-state index in [0.29, 0.717) is 24.1 Å². The lowest BCUT2D eigenvalue weighted by Gasteiger charge is -2.26. The minimum Gasteiger partial charge on any atom is -0.508 e. The van der Waals surface area contributed by atoms with Crippen LogP contribution < -0.4 is 5.32 Å². The van der Waals surface area contributed by atoms with Crippen molar-refractivity contribution in [2.24, 2.45) is 0 Å². The molecular weight excluding hydrogens is 374 g/mol. The summed E-state index contributed by atoms with van der Waals surface area (Å²) in [6.45, 7) is 1.95. The first-order valence-electron chi connectivity index (χ1n) is 9.14. The highest BCUT2D eigenvalue weighted by molar-refractivity contribution is 5.84. The van der Waals surface area contributed by atoms with Crippen LogP contribution in [0, 0.1) is 6.92 Å².